The first kappa shape index (κ1) is 38.5. The van der Waals surface area contributed by atoms with E-state index < -0.39 is 43.2 Å². The van der Waals surface area contributed by atoms with Gasteiger partial charge in [-0.25, -0.2) is 0 Å². The normalized spacial score (nSPS) is 21.7. The molecule has 0 amide bonds. The highest BCUT2D eigenvalue weighted by atomic mass is 35.5. The molecule has 6 rings (SSSR count). The molecule has 5 atom stereocenters. The summed E-state index contributed by atoms with van der Waals surface area (Å²) < 4.78 is 75.5. The molecule has 0 unspecified atom stereocenters. The van der Waals surface area contributed by atoms with Crippen LogP contribution in [0.1, 0.15) is 33.4 Å². The Hall–Kier alpha value is -4.26. The van der Waals surface area contributed by atoms with Crippen molar-refractivity contribution in [2.45, 2.75) is 62.8 Å². The molecular weight excluding hydrogens is 709 g/mol. The van der Waals surface area contributed by atoms with E-state index in [-0.39, 0.29) is 32.0 Å². The van der Waals surface area contributed by atoms with Crippen molar-refractivity contribution in [1.29, 1.82) is 0 Å². The second-order valence-corrected chi connectivity index (χ2v) is 13.0. The number of ether oxygens (including phenoxy) is 6. The van der Waals surface area contributed by atoms with Crippen LogP contribution >= 0.6 is 11.6 Å². The fourth-order valence-corrected chi connectivity index (χ4v) is 6.64. The predicted molar refractivity (Wildman–Crippen MR) is 193 cm³/mol. The van der Waals surface area contributed by atoms with E-state index in [0.717, 1.165) is 16.7 Å². The lowest BCUT2D eigenvalue weighted by molar-refractivity contribution is -0.384. The largest absolute Gasteiger partial charge is 0.573 e. The summed E-state index contributed by atoms with van der Waals surface area (Å²) in [6.45, 7) is 0.181. The monoisotopic (exact) mass is 748 g/mol. The topological polar surface area (TPSA) is 75.6 Å². The average molecular weight is 749 g/mol. The van der Waals surface area contributed by atoms with Crippen LogP contribution in [-0.2, 0) is 55.7 Å². The molecule has 0 radical (unpaired) electrons. The molecule has 11 heteroatoms. The minimum atomic E-state index is -4.80. The average Bonchev–Trinajstić information content (AvgIpc) is 3.17. The Bertz CT molecular complexity index is 1860. The van der Waals surface area contributed by atoms with E-state index in [1.165, 1.54) is 19.2 Å². The minimum absolute atomic E-state index is 0.174. The second kappa shape index (κ2) is 17.7. The maximum Gasteiger partial charge on any atom is 0.573 e. The number of aliphatic hydroxyl groups excluding tert-OH is 1. The van der Waals surface area contributed by atoms with Gasteiger partial charge in [-0.2, -0.15) is 0 Å². The van der Waals surface area contributed by atoms with Crippen LogP contribution in [0, 0.1) is 0 Å². The third-order valence-electron chi connectivity index (χ3n) is 9.02. The van der Waals surface area contributed by atoms with Crippen LogP contribution in [0.15, 0.2) is 133 Å². The molecule has 1 fully saturated rings. The number of alkyl halides is 3. The molecule has 278 valence electrons. The van der Waals surface area contributed by atoms with Crippen LogP contribution in [-0.4, -0.2) is 49.6 Å². The summed E-state index contributed by atoms with van der Waals surface area (Å²) in [5.41, 5.74) is 4.63. The van der Waals surface area contributed by atoms with Crippen molar-refractivity contribution < 1.29 is 46.7 Å². The van der Waals surface area contributed by atoms with E-state index in [1.807, 2.05) is 97.1 Å². The maximum atomic E-state index is 12.8. The number of methoxy groups -OCH3 is 1. The Morgan fingerprint density at radius 2 is 1.21 bits per heavy atom. The number of aliphatic hydroxyl groups is 1. The zero-order chi connectivity index (χ0) is 37.3. The van der Waals surface area contributed by atoms with Gasteiger partial charge >= 0.3 is 6.36 Å². The first-order valence-electron chi connectivity index (χ1n) is 17.1. The lowest BCUT2D eigenvalue weighted by atomic mass is 9.86. The first-order chi connectivity index (χ1) is 25.7. The fraction of sp³-hybridized carbons (Fsp3) is 0.286. The molecule has 1 saturated heterocycles. The molecule has 7 nitrogen and oxygen atoms in total. The van der Waals surface area contributed by atoms with Crippen molar-refractivity contribution in [1.82, 2.24) is 0 Å². The van der Waals surface area contributed by atoms with Gasteiger partial charge in [-0.15, -0.1) is 13.2 Å². The molecule has 1 N–H and O–H groups in total. The van der Waals surface area contributed by atoms with Crippen molar-refractivity contribution in [3.05, 3.63) is 172 Å². The molecule has 1 aliphatic rings. The highest BCUT2D eigenvalue weighted by molar-refractivity contribution is 6.31. The number of hydrogen-bond donors (Lipinski definition) is 1. The van der Waals surface area contributed by atoms with Crippen molar-refractivity contribution in [2.75, 3.05) is 13.7 Å². The SMILES string of the molecule is CO[C@@]1(c2ccc(Cl)c(Cc3ccc(OC(F)(F)F)cc3)c2)O[C@@H](CO)[C@H](OCc2ccccc2)[C@H](OCc2ccccc2)[C@H]1OCc1ccccc1. The minimum Gasteiger partial charge on any atom is -0.406 e. The molecule has 0 aromatic heterocycles. The fourth-order valence-electron chi connectivity index (χ4n) is 6.45. The molecule has 0 saturated carbocycles. The van der Waals surface area contributed by atoms with Crippen LogP contribution < -0.4 is 4.74 Å². The van der Waals surface area contributed by atoms with E-state index in [4.69, 9.17) is 35.3 Å². The molecule has 5 aromatic rings. The summed E-state index contributed by atoms with van der Waals surface area (Å²) in [4.78, 5) is 0. The van der Waals surface area contributed by atoms with Crippen molar-refractivity contribution in [3.63, 3.8) is 0 Å². The summed E-state index contributed by atoms with van der Waals surface area (Å²) >= 11 is 6.72. The first-order valence-corrected chi connectivity index (χ1v) is 17.5. The van der Waals surface area contributed by atoms with Gasteiger partial charge in [0, 0.05) is 17.7 Å². The number of benzene rings is 5. The molecule has 0 aliphatic carbocycles. The van der Waals surface area contributed by atoms with E-state index in [0.29, 0.717) is 21.7 Å². The van der Waals surface area contributed by atoms with E-state index in [2.05, 4.69) is 4.74 Å². The van der Waals surface area contributed by atoms with Gasteiger partial charge in [0.1, 0.15) is 30.2 Å². The summed E-state index contributed by atoms with van der Waals surface area (Å²) in [7, 11) is 1.50. The summed E-state index contributed by atoms with van der Waals surface area (Å²) in [5.74, 6) is -1.96. The third kappa shape index (κ3) is 9.84. The molecular formula is C42H40ClF3O7. The second-order valence-electron chi connectivity index (χ2n) is 12.6. The molecule has 0 bridgehead atoms. The summed E-state index contributed by atoms with van der Waals surface area (Å²) in [6, 6.07) is 39.9. The summed E-state index contributed by atoms with van der Waals surface area (Å²) in [5, 5.41) is 11.3. The van der Waals surface area contributed by atoms with E-state index in [9.17, 15) is 18.3 Å². The molecule has 5 aromatic carbocycles. The smallest absolute Gasteiger partial charge is 0.406 e. The number of hydrogen-bond acceptors (Lipinski definition) is 7. The van der Waals surface area contributed by atoms with Crippen LogP contribution in [0.3, 0.4) is 0 Å². The third-order valence-corrected chi connectivity index (χ3v) is 9.38. The van der Waals surface area contributed by atoms with Gasteiger partial charge in [0.25, 0.3) is 0 Å². The van der Waals surface area contributed by atoms with Gasteiger partial charge in [-0.05, 0) is 58.5 Å². The van der Waals surface area contributed by atoms with Gasteiger partial charge in [-0.3, -0.25) is 0 Å². The summed E-state index contributed by atoms with van der Waals surface area (Å²) in [6.07, 6.45) is -8.02. The lowest BCUT2D eigenvalue weighted by Crippen LogP contribution is -2.66. The van der Waals surface area contributed by atoms with Crippen LogP contribution in [0.4, 0.5) is 13.2 Å². The quantitative estimate of drug-likeness (QED) is 0.115. The maximum absolute atomic E-state index is 12.8. The van der Waals surface area contributed by atoms with Crippen molar-refractivity contribution in [2.24, 2.45) is 0 Å². The highest BCUT2D eigenvalue weighted by Crippen LogP contribution is 2.44. The van der Waals surface area contributed by atoms with Gasteiger partial charge in [0.15, 0.2) is 0 Å². The predicted octanol–water partition coefficient (Wildman–Crippen LogP) is 8.78. The Balaban J connectivity index is 1.39. The highest BCUT2D eigenvalue weighted by Gasteiger charge is 2.58. The molecule has 0 spiro atoms. The van der Waals surface area contributed by atoms with Gasteiger partial charge in [0.05, 0.1) is 26.4 Å². The molecule has 1 aliphatic heterocycles. The zero-order valence-corrected chi connectivity index (χ0v) is 29.7. The van der Waals surface area contributed by atoms with Gasteiger partial charge in [-0.1, -0.05) is 121 Å². The van der Waals surface area contributed by atoms with Crippen molar-refractivity contribution >= 4 is 11.6 Å². The van der Waals surface area contributed by atoms with Crippen LogP contribution in [0.5, 0.6) is 5.75 Å². The Morgan fingerprint density at radius 3 is 1.72 bits per heavy atom. The number of rotatable bonds is 15. The Labute approximate surface area is 311 Å². The van der Waals surface area contributed by atoms with Crippen LogP contribution in [0.2, 0.25) is 5.02 Å². The lowest BCUT2D eigenvalue weighted by Gasteiger charge is -2.52. The van der Waals surface area contributed by atoms with E-state index >= 15 is 0 Å². The standard InChI is InChI=1S/C42H40ClF3O7/c1-48-41(34-19-22-36(43)33(24-34)23-29-17-20-35(21-18-29)52-42(44,45)46)40(51-28-32-15-9-4-10-16-32)39(50-27-31-13-7-3-8-14-31)38(37(25-47)53-41)49-26-30-11-5-2-6-12-30/h2-22,24,37-40,47H,23,25-28H2,1H3/t37-,38-,39-,40+,41-/m0/s1. The Kier molecular flexibility index (Phi) is 12.9. The van der Waals surface area contributed by atoms with Crippen molar-refractivity contribution in [3.8, 4) is 5.75 Å². The number of halogens is 4. The molecule has 1 heterocycles. The molecule has 53 heavy (non-hydrogen) atoms. The van der Waals surface area contributed by atoms with Crippen LogP contribution in [0.25, 0.3) is 0 Å². The zero-order valence-electron chi connectivity index (χ0n) is 29.0. The van der Waals surface area contributed by atoms with Gasteiger partial charge < -0.3 is 33.5 Å². The van der Waals surface area contributed by atoms with E-state index in [1.54, 1.807) is 24.3 Å². The Morgan fingerprint density at radius 1 is 0.679 bits per heavy atom. The van der Waals surface area contributed by atoms with Gasteiger partial charge in [0.2, 0.25) is 5.79 Å².